The highest BCUT2D eigenvalue weighted by molar-refractivity contribution is 5.93. The van der Waals surface area contributed by atoms with Gasteiger partial charge in [-0.25, -0.2) is 19.2 Å². The van der Waals surface area contributed by atoms with Crippen LogP contribution in [0, 0.1) is 5.92 Å². The smallest absolute Gasteiger partial charge is 0.321 e. The molecule has 3 rings (SSSR count). The number of carbonyl (C=O) groups is 2. The number of halogens is 5. The van der Waals surface area contributed by atoms with Gasteiger partial charge in [-0.3, -0.25) is 4.79 Å². The number of aldehydes is 1. The number of amides is 1. The number of rotatable bonds is 5. The van der Waals surface area contributed by atoms with E-state index in [-0.39, 0.29) is 17.7 Å². The average Bonchev–Trinajstić information content (AvgIpc) is 3.11. The number of nitrogens with zero attached hydrogens (tertiary/aromatic N) is 2. The van der Waals surface area contributed by atoms with E-state index in [1.807, 2.05) is 0 Å². The second-order valence-corrected chi connectivity index (χ2v) is 7.00. The van der Waals surface area contributed by atoms with Crippen molar-refractivity contribution >= 4 is 12.2 Å². The average molecular weight is 418 g/mol. The molecule has 2 N–H and O–H groups in total. The van der Waals surface area contributed by atoms with E-state index in [1.165, 1.54) is 11.2 Å². The zero-order valence-corrected chi connectivity index (χ0v) is 15.1. The lowest BCUT2D eigenvalue weighted by Crippen LogP contribution is -2.47. The number of hydrogen-bond acceptors (Lipinski definition) is 5. The van der Waals surface area contributed by atoms with E-state index in [1.54, 1.807) is 0 Å². The highest BCUT2D eigenvalue weighted by atomic mass is 19.4. The molecule has 1 aromatic rings. The highest BCUT2D eigenvalue weighted by Gasteiger charge is 2.37. The Kier molecular flexibility index (Phi) is 6.15. The number of hydrazine groups is 1. The largest absolute Gasteiger partial charge is 0.433 e. The van der Waals surface area contributed by atoms with Gasteiger partial charge >= 0.3 is 6.18 Å². The molecule has 1 saturated carbocycles. The quantitative estimate of drug-likeness (QED) is 0.568. The molecule has 158 valence electrons. The topological polar surface area (TPSA) is 74.3 Å². The zero-order chi connectivity index (χ0) is 21.2. The summed E-state index contributed by atoms with van der Waals surface area (Å²) < 4.78 is 65.2. The van der Waals surface area contributed by atoms with Crippen molar-refractivity contribution in [1.29, 1.82) is 0 Å². The minimum Gasteiger partial charge on any atom is -0.321 e. The van der Waals surface area contributed by atoms with Gasteiger partial charge in [0.2, 0.25) is 0 Å². The van der Waals surface area contributed by atoms with Crippen LogP contribution in [0.25, 0.3) is 0 Å². The fraction of sp³-hybridized carbons (Fsp3) is 0.500. The Morgan fingerprint density at radius 2 is 1.93 bits per heavy atom. The summed E-state index contributed by atoms with van der Waals surface area (Å²) in [5.41, 5.74) is 0.695. The fourth-order valence-corrected chi connectivity index (χ4v) is 3.44. The molecule has 1 amide bonds. The number of hydrogen-bond donors (Lipinski definition) is 2. The van der Waals surface area contributed by atoms with E-state index in [9.17, 15) is 31.5 Å². The van der Waals surface area contributed by atoms with Gasteiger partial charge in [0.05, 0.1) is 5.70 Å². The second-order valence-electron chi connectivity index (χ2n) is 7.00. The molecule has 0 radical (unpaired) electrons. The van der Waals surface area contributed by atoms with Crippen LogP contribution in [-0.2, 0) is 11.0 Å². The molecule has 1 aromatic heterocycles. The van der Waals surface area contributed by atoms with Crippen LogP contribution < -0.4 is 10.7 Å². The fourth-order valence-electron chi connectivity index (χ4n) is 3.44. The molecule has 0 aromatic carbocycles. The van der Waals surface area contributed by atoms with Crippen LogP contribution in [0.3, 0.4) is 0 Å². The minimum atomic E-state index is -4.73. The number of aromatic nitrogens is 1. The van der Waals surface area contributed by atoms with Crippen molar-refractivity contribution in [3.8, 4) is 0 Å². The first-order chi connectivity index (χ1) is 13.7. The lowest BCUT2D eigenvalue weighted by molar-refractivity contribution is -0.141. The Balaban J connectivity index is 1.73. The predicted molar refractivity (Wildman–Crippen MR) is 91.4 cm³/mol. The summed E-state index contributed by atoms with van der Waals surface area (Å²) in [5.74, 6) is -1.06. The molecule has 0 bridgehead atoms. The first-order valence-electron chi connectivity index (χ1n) is 9.04. The Labute approximate surface area is 163 Å². The number of alkyl halides is 5. The summed E-state index contributed by atoms with van der Waals surface area (Å²) >= 11 is 0. The SMILES string of the molecule is O=CC1CCC(N2C=C(NC(=O)c3cccc(C(F)(F)F)n3)C(C(F)F)N2)CC1. The summed E-state index contributed by atoms with van der Waals surface area (Å²) in [7, 11) is 0. The van der Waals surface area contributed by atoms with Gasteiger partial charge in [0.1, 0.15) is 23.7 Å². The lowest BCUT2D eigenvalue weighted by Gasteiger charge is -2.33. The molecule has 1 fully saturated rings. The molecule has 1 aliphatic carbocycles. The molecule has 1 atom stereocenters. The summed E-state index contributed by atoms with van der Waals surface area (Å²) in [6.45, 7) is 0. The maximum absolute atomic E-state index is 13.4. The maximum Gasteiger partial charge on any atom is 0.433 e. The Hall–Kier alpha value is -2.56. The van der Waals surface area contributed by atoms with Gasteiger partial charge in [0, 0.05) is 18.2 Å². The van der Waals surface area contributed by atoms with Crippen LogP contribution in [0.15, 0.2) is 30.1 Å². The standard InChI is InChI=1S/C18H19F5N4O2/c19-16(20)15-13(8-27(26-15)11-6-4-10(9-28)5-7-11)25-17(29)12-2-1-3-14(24-12)18(21,22)23/h1-3,8-11,15-16,26H,4-7H2,(H,25,29). The second kappa shape index (κ2) is 8.44. The van der Waals surface area contributed by atoms with E-state index in [0.717, 1.165) is 18.4 Å². The maximum atomic E-state index is 13.4. The van der Waals surface area contributed by atoms with Gasteiger partial charge in [0.15, 0.2) is 0 Å². The number of nitrogens with one attached hydrogen (secondary N) is 2. The van der Waals surface area contributed by atoms with E-state index in [0.29, 0.717) is 31.7 Å². The minimum absolute atomic E-state index is 0.0464. The van der Waals surface area contributed by atoms with Gasteiger partial charge in [-0.05, 0) is 37.8 Å². The normalized spacial score (nSPS) is 25.1. The van der Waals surface area contributed by atoms with E-state index < -0.39 is 35.9 Å². The highest BCUT2D eigenvalue weighted by Crippen LogP contribution is 2.30. The van der Waals surface area contributed by atoms with E-state index in [4.69, 9.17) is 0 Å². The van der Waals surface area contributed by atoms with E-state index in [2.05, 4.69) is 15.7 Å². The lowest BCUT2D eigenvalue weighted by atomic mass is 9.87. The van der Waals surface area contributed by atoms with Crippen LogP contribution in [0.4, 0.5) is 22.0 Å². The summed E-state index contributed by atoms with van der Waals surface area (Å²) in [6.07, 6.45) is -2.88. The van der Waals surface area contributed by atoms with Crippen LogP contribution in [0.2, 0.25) is 0 Å². The van der Waals surface area contributed by atoms with Gasteiger partial charge in [-0.2, -0.15) is 13.2 Å². The van der Waals surface area contributed by atoms with Crippen molar-refractivity contribution in [3.63, 3.8) is 0 Å². The van der Waals surface area contributed by atoms with E-state index >= 15 is 0 Å². The van der Waals surface area contributed by atoms with Crippen LogP contribution in [0.5, 0.6) is 0 Å². The molecule has 2 aliphatic rings. The first kappa shape index (κ1) is 21.2. The zero-order valence-electron chi connectivity index (χ0n) is 15.1. The predicted octanol–water partition coefficient (Wildman–Crippen LogP) is 2.88. The van der Waals surface area contributed by atoms with Crippen molar-refractivity contribution in [2.75, 3.05) is 0 Å². The third-order valence-electron chi connectivity index (χ3n) is 5.01. The molecule has 0 saturated heterocycles. The van der Waals surface area contributed by atoms with Crippen molar-refractivity contribution in [2.24, 2.45) is 5.92 Å². The van der Waals surface area contributed by atoms with Crippen molar-refractivity contribution in [1.82, 2.24) is 20.7 Å². The molecule has 29 heavy (non-hydrogen) atoms. The molecule has 1 aliphatic heterocycles. The molecular formula is C18H19F5N4O2. The first-order valence-corrected chi connectivity index (χ1v) is 9.04. The molecule has 6 nitrogen and oxygen atoms in total. The monoisotopic (exact) mass is 418 g/mol. The van der Waals surface area contributed by atoms with Gasteiger partial charge in [-0.15, -0.1) is 0 Å². The van der Waals surface area contributed by atoms with Crippen LogP contribution in [0.1, 0.15) is 41.9 Å². The van der Waals surface area contributed by atoms with Crippen molar-refractivity contribution in [2.45, 2.75) is 50.4 Å². The van der Waals surface area contributed by atoms with Gasteiger partial charge in [-0.1, -0.05) is 6.07 Å². The Bertz CT molecular complexity index is 791. The summed E-state index contributed by atoms with van der Waals surface area (Å²) in [5, 5.41) is 3.73. The number of pyridine rings is 1. The third kappa shape index (κ3) is 4.89. The van der Waals surface area contributed by atoms with Crippen LogP contribution in [-0.4, -0.2) is 40.7 Å². The van der Waals surface area contributed by atoms with Gasteiger partial charge in [0.25, 0.3) is 12.3 Å². The molecule has 0 spiro atoms. The molecular weight excluding hydrogens is 399 g/mol. The molecule has 1 unspecified atom stereocenters. The van der Waals surface area contributed by atoms with Crippen molar-refractivity contribution in [3.05, 3.63) is 41.5 Å². The summed E-state index contributed by atoms with van der Waals surface area (Å²) in [6, 6.07) is 1.17. The third-order valence-corrected chi connectivity index (χ3v) is 5.01. The summed E-state index contributed by atoms with van der Waals surface area (Å²) in [4.78, 5) is 26.4. The molecule has 11 heteroatoms. The molecule has 2 heterocycles. The number of carbonyl (C=O) groups excluding carboxylic acids is 2. The van der Waals surface area contributed by atoms with Crippen molar-refractivity contribution < 1.29 is 31.5 Å². The Morgan fingerprint density at radius 3 is 2.52 bits per heavy atom. The Morgan fingerprint density at radius 1 is 1.24 bits per heavy atom. The van der Waals surface area contributed by atoms with Crippen LogP contribution >= 0.6 is 0 Å². The van der Waals surface area contributed by atoms with Gasteiger partial charge < -0.3 is 15.1 Å².